The molecule has 1 N–H and O–H groups in total. The van der Waals surface area contributed by atoms with Crippen LogP contribution in [0.25, 0.3) is 0 Å². The summed E-state index contributed by atoms with van der Waals surface area (Å²) in [5.41, 5.74) is 4.24. The van der Waals surface area contributed by atoms with Crippen LogP contribution in [0.15, 0.2) is 18.2 Å². The number of hydrogen-bond donors (Lipinski definition) is 1. The average Bonchev–Trinajstić information content (AvgIpc) is 2.39. The van der Waals surface area contributed by atoms with E-state index in [2.05, 4.69) is 42.3 Å². The van der Waals surface area contributed by atoms with Crippen LogP contribution >= 0.6 is 0 Å². The minimum atomic E-state index is 0.716. The predicted molar refractivity (Wildman–Crippen MR) is 75.7 cm³/mol. The molecule has 0 aromatic heterocycles. The highest BCUT2D eigenvalue weighted by Gasteiger charge is 2.33. The minimum Gasteiger partial charge on any atom is -0.308 e. The summed E-state index contributed by atoms with van der Waals surface area (Å²) < 4.78 is 0. The Balaban J connectivity index is 1.61. The molecule has 3 aliphatic rings. The third kappa shape index (κ3) is 2.45. The van der Waals surface area contributed by atoms with Crippen molar-refractivity contribution < 1.29 is 0 Å². The van der Waals surface area contributed by atoms with E-state index in [-0.39, 0.29) is 0 Å². The second-order valence-corrected chi connectivity index (χ2v) is 6.06. The molecule has 2 heteroatoms. The SMILES string of the molecule is Cc1ccc(CNC2CN3CCC2CC3)c(C)c1. The summed E-state index contributed by atoms with van der Waals surface area (Å²) in [7, 11) is 0. The zero-order valence-electron chi connectivity index (χ0n) is 11.6. The normalized spacial score (nSPS) is 30.7. The Labute approximate surface area is 110 Å². The summed E-state index contributed by atoms with van der Waals surface area (Å²) in [4.78, 5) is 2.61. The second kappa shape index (κ2) is 5.02. The van der Waals surface area contributed by atoms with Gasteiger partial charge >= 0.3 is 0 Å². The molecule has 1 unspecified atom stereocenters. The molecule has 0 spiro atoms. The molecule has 1 aromatic rings. The van der Waals surface area contributed by atoms with E-state index in [1.165, 1.54) is 49.2 Å². The molecule has 18 heavy (non-hydrogen) atoms. The monoisotopic (exact) mass is 244 g/mol. The number of aryl methyl sites for hydroxylation is 2. The molecule has 3 fully saturated rings. The van der Waals surface area contributed by atoms with Crippen molar-refractivity contribution in [1.29, 1.82) is 0 Å². The number of nitrogens with one attached hydrogen (secondary N) is 1. The Morgan fingerprint density at radius 3 is 2.61 bits per heavy atom. The van der Waals surface area contributed by atoms with Gasteiger partial charge in [0.05, 0.1) is 0 Å². The van der Waals surface area contributed by atoms with Crippen molar-refractivity contribution in [2.75, 3.05) is 19.6 Å². The molecule has 1 aromatic carbocycles. The molecule has 2 bridgehead atoms. The van der Waals surface area contributed by atoms with Crippen LogP contribution in [0.5, 0.6) is 0 Å². The Hall–Kier alpha value is -0.860. The molecule has 3 saturated heterocycles. The van der Waals surface area contributed by atoms with Crippen LogP contribution < -0.4 is 5.32 Å². The summed E-state index contributed by atoms with van der Waals surface area (Å²) in [5, 5.41) is 3.79. The number of fused-ring (bicyclic) bond motifs is 3. The molecule has 1 atom stereocenters. The fourth-order valence-corrected chi connectivity index (χ4v) is 3.48. The average molecular weight is 244 g/mol. The number of hydrogen-bond acceptors (Lipinski definition) is 2. The van der Waals surface area contributed by atoms with E-state index < -0.39 is 0 Å². The van der Waals surface area contributed by atoms with Crippen LogP contribution in [-0.4, -0.2) is 30.6 Å². The maximum Gasteiger partial charge on any atom is 0.0227 e. The van der Waals surface area contributed by atoms with Crippen molar-refractivity contribution in [3.63, 3.8) is 0 Å². The molecule has 3 heterocycles. The third-order valence-corrected chi connectivity index (χ3v) is 4.71. The van der Waals surface area contributed by atoms with Crippen LogP contribution in [0.1, 0.15) is 29.5 Å². The Morgan fingerprint density at radius 1 is 1.22 bits per heavy atom. The van der Waals surface area contributed by atoms with Gasteiger partial charge in [-0.25, -0.2) is 0 Å². The first-order valence-corrected chi connectivity index (χ1v) is 7.24. The van der Waals surface area contributed by atoms with Gasteiger partial charge in [0.1, 0.15) is 0 Å². The van der Waals surface area contributed by atoms with Gasteiger partial charge in [-0.1, -0.05) is 23.8 Å². The van der Waals surface area contributed by atoms with Crippen LogP contribution in [0.3, 0.4) is 0 Å². The van der Waals surface area contributed by atoms with Gasteiger partial charge in [0, 0.05) is 19.1 Å². The fourth-order valence-electron chi connectivity index (χ4n) is 3.48. The summed E-state index contributed by atoms with van der Waals surface area (Å²) in [6.07, 6.45) is 2.79. The third-order valence-electron chi connectivity index (χ3n) is 4.71. The Kier molecular flexibility index (Phi) is 3.40. The van der Waals surface area contributed by atoms with Gasteiger partial charge in [0.2, 0.25) is 0 Å². The van der Waals surface area contributed by atoms with Crippen molar-refractivity contribution in [3.8, 4) is 0 Å². The number of rotatable bonds is 3. The van der Waals surface area contributed by atoms with E-state index in [4.69, 9.17) is 0 Å². The van der Waals surface area contributed by atoms with Gasteiger partial charge in [-0.05, 0) is 56.8 Å². The van der Waals surface area contributed by atoms with Gasteiger partial charge in [-0.3, -0.25) is 0 Å². The number of nitrogens with zero attached hydrogens (tertiary/aromatic N) is 1. The Bertz CT molecular complexity index is 419. The minimum absolute atomic E-state index is 0.716. The molecular formula is C16H24N2. The molecule has 4 rings (SSSR count). The molecule has 0 aliphatic carbocycles. The molecule has 3 aliphatic heterocycles. The van der Waals surface area contributed by atoms with Gasteiger partial charge in [0.15, 0.2) is 0 Å². The molecule has 0 radical (unpaired) electrons. The van der Waals surface area contributed by atoms with Crippen LogP contribution in [-0.2, 0) is 6.54 Å². The molecular weight excluding hydrogens is 220 g/mol. The van der Waals surface area contributed by atoms with E-state index in [0.29, 0.717) is 6.04 Å². The smallest absolute Gasteiger partial charge is 0.0227 e. The van der Waals surface area contributed by atoms with Gasteiger partial charge in [0.25, 0.3) is 0 Å². The van der Waals surface area contributed by atoms with Crippen molar-refractivity contribution in [3.05, 3.63) is 34.9 Å². The number of piperidine rings is 3. The van der Waals surface area contributed by atoms with E-state index >= 15 is 0 Å². The van der Waals surface area contributed by atoms with Gasteiger partial charge < -0.3 is 10.2 Å². The first-order chi connectivity index (χ1) is 8.72. The fraction of sp³-hybridized carbons (Fsp3) is 0.625. The lowest BCUT2D eigenvalue weighted by Gasteiger charge is -2.45. The lowest BCUT2D eigenvalue weighted by molar-refractivity contribution is 0.0720. The summed E-state index contributed by atoms with van der Waals surface area (Å²) in [5.74, 6) is 0.917. The van der Waals surface area contributed by atoms with Crippen molar-refractivity contribution in [1.82, 2.24) is 10.2 Å². The van der Waals surface area contributed by atoms with E-state index in [9.17, 15) is 0 Å². The highest BCUT2D eigenvalue weighted by molar-refractivity contribution is 5.30. The second-order valence-electron chi connectivity index (χ2n) is 6.06. The Morgan fingerprint density at radius 2 is 2.00 bits per heavy atom. The maximum atomic E-state index is 3.79. The summed E-state index contributed by atoms with van der Waals surface area (Å²) in [6.45, 7) is 9.33. The zero-order chi connectivity index (χ0) is 12.5. The highest BCUT2D eigenvalue weighted by atomic mass is 15.2. The first-order valence-electron chi connectivity index (χ1n) is 7.24. The molecule has 2 nitrogen and oxygen atoms in total. The van der Waals surface area contributed by atoms with Crippen LogP contribution in [0.2, 0.25) is 0 Å². The standard InChI is InChI=1S/C16H24N2/c1-12-3-4-15(13(2)9-12)10-17-16-11-18-7-5-14(16)6-8-18/h3-4,9,14,16-17H,5-8,10-11H2,1-2H3. The lowest BCUT2D eigenvalue weighted by Crippen LogP contribution is -2.55. The van der Waals surface area contributed by atoms with E-state index in [1.807, 2.05) is 0 Å². The topological polar surface area (TPSA) is 15.3 Å². The summed E-state index contributed by atoms with van der Waals surface area (Å²) in [6, 6.07) is 7.50. The lowest BCUT2D eigenvalue weighted by atomic mass is 9.84. The van der Waals surface area contributed by atoms with E-state index in [0.717, 1.165) is 12.5 Å². The molecule has 98 valence electrons. The van der Waals surface area contributed by atoms with Gasteiger partial charge in [-0.15, -0.1) is 0 Å². The van der Waals surface area contributed by atoms with Crippen molar-refractivity contribution in [2.45, 2.75) is 39.3 Å². The van der Waals surface area contributed by atoms with E-state index in [1.54, 1.807) is 0 Å². The van der Waals surface area contributed by atoms with Gasteiger partial charge in [-0.2, -0.15) is 0 Å². The first kappa shape index (κ1) is 12.2. The zero-order valence-corrected chi connectivity index (χ0v) is 11.6. The van der Waals surface area contributed by atoms with Crippen molar-refractivity contribution >= 4 is 0 Å². The maximum absolute atomic E-state index is 3.79. The van der Waals surface area contributed by atoms with Crippen LogP contribution in [0, 0.1) is 19.8 Å². The number of benzene rings is 1. The molecule has 0 saturated carbocycles. The predicted octanol–water partition coefficient (Wildman–Crippen LogP) is 2.49. The quantitative estimate of drug-likeness (QED) is 0.879. The largest absolute Gasteiger partial charge is 0.308 e. The van der Waals surface area contributed by atoms with Crippen LogP contribution in [0.4, 0.5) is 0 Å². The molecule has 0 amide bonds. The highest BCUT2D eigenvalue weighted by Crippen LogP contribution is 2.27. The van der Waals surface area contributed by atoms with Crippen molar-refractivity contribution in [2.24, 2.45) is 5.92 Å². The summed E-state index contributed by atoms with van der Waals surface area (Å²) >= 11 is 0.